The van der Waals surface area contributed by atoms with Crippen molar-refractivity contribution in [1.29, 1.82) is 0 Å². The number of hydrogen-bond acceptors (Lipinski definition) is 4. The van der Waals surface area contributed by atoms with Crippen molar-refractivity contribution in [2.75, 3.05) is 4.72 Å². The number of H-pyrrole nitrogens is 1. The second-order valence-corrected chi connectivity index (χ2v) is 9.20. The quantitative estimate of drug-likeness (QED) is 0.334. The van der Waals surface area contributed by atoms with Crippen LogP contribution in [0.5, 0.6) is 0 Å². The van der Waals surface area contributed by atoms with E-state index in [9.17, 15) is 13.2 Å². The lowest BCUT2D eigenvalue weighted by Gasteiger charge is -2.10. The third kappa shape index (κ3) is 4.08. The average Bonchev–Trinajstić information content (AvgIpc) is 3.21. The van der Waals surface area contributed by atoms with Gasteiger partial charge in [-0.05, 0) is 42.5 Å². The maximum Gasteiger partial charge on any atom is 0.354 e. The number of anilines is 1. The molecule has 0 bridgehead atoms. The minimum atomic E-state index is -3.88. The molecule has 0 spiro atoms. The summed E-state index contributed by atoms with van der Waals surface area (Å²) in [6.07, 6.45) is 1.36. The van der Waals surface area contributed by atoms with Crippen molar-refractivity contribution in [3.63, 3.8) is 0 Å². The van der Waals surface area contributed by atoms with Crippen LogP contribution < -0.4 is 4.72 Å². The summed E-state index contributed by atoms with van der Waals surface area (Å²) in [6, 6.07) is 22.5. The van der Waals surface area contributed by atoms with Gasteiger partial charge in [0.25, 0.3) is 10.0 Å². The van der Waals surface area contributed by atoms with Gasteiger partial charge >= 0.3 is 5.97 Å². The zero-order chi connectivity index (χ0) is 23.7. The molecule has 0 aliphatic heterocycles. The Morgan fingerprint density at radius 3 is 2.44 bits per heavy atom. The Labute approximate surface area is 195 Å². The molecule has 5 rings (SSSR count). The van der Waals surface area contributed by atoms with Crippen LogP contribution in [0.15, 0.2) is 90.0 Å². The predicted molar refractivity (Wildman–Crippen MR) is 130 cm³/mol. The number of carboxylic acids is 1. The Morgan fingerprint density at radius 1 is 0.882 bits per heavy atom. The van der Waals surface area contributed by atoms with Crippen molar-refractivity contribution in [2.45, 2.75) is 4.90 Å². The number of nitrogens with zero attached hydrogens (tertiary/aromatic N) is 1. The smallest absolute Gasteiger partial charge is 0.354 e. The Hall–Kier alpha value is -4.61. The predicted octanol–water partition coefficient (Wildman–Crippen LogP) is 4.61. The zero-order valence-corrected chi connectivity index (χ0v) is 18.4. The molecule has 0 fully saturated rings. The SMILES string of the molecule is O=C(O)c1ccc(C#Cc2ccccc2NS(=O)(=O)c2ccc3c(c2)[nH]c2ccccc23)cn1. The van der Waals surface area contributed by atoms with Crippen molar-refractivity contribution >= 4 is 43.5 Å². The summed E-state index contributed by atoms with van der Waals surface area (Å²) in [5, 5.41) is 10.9. The molecule has 2 heterocycles. The van der Waals surface area contributed by atoms with Crippen LogP contribution >= 0.6 is 0 Å². The van der Waals surface area contributed by atoms with Gasteiger partial charge in [-0.15, -0.1) is 0 Å². The zero-order valence-electron chi connectivity index (χ0n) is 17.6. The topological polar surface area (TPSA) is 112 Å². The van der Waals surface area contributed by atoms with Crippen LogP contribution in [0.25, 0.3) is 21.8 Å². The van der Waals surface area contributed by atoms with Gasteiger partial charge in [0.1, 0.15) is 5.69 Å². The maximum atomic E-state index is 13.1. The summed E-state index contributed by atoms with van der Waals surface area (Å²) < 4.78 is 28.9. The fraction of sp³-hybridized carbons (Fsp3) is 0. The summed E-state index contributed by atoms with van der Waals surface area (Å²) in [6.45, 7) is 0. The third-order valence-corrected chi connectivity index (χ3v) is 6.65. The van der Waals surface area contributed by atoms with Crippen LogP contribution in [0.2, 0.25) is 0 Å². The lowest BCUT2D eigenvalue weighted by molar-refractivity contribution is 0.0690. The number of hydrogen-bond donors (Lipinski definition) is 3. The average molecular weight is 468 g/mol. The highest BCUT2D eigenvalue weighted by Crippen LogP contribution is 2.28. The molecule has 8 heteroatoms. The van der Waals surface area contributed by atoms with E-state index in [1.54, 1.807) is 48.5 Å². The van der Waals surface area contributed by atoms with Crippen LogP contribution in [0.1, 0.15) is 21.6 Å². The van der Waals surface area contributed by atoms with Crippen molar-refractivity contribution in [2.24, 2.45) is 0 Å². The second kappa shape index (κ2) is 8.39. The number of aromatic nitrogens is 2. The summed E-state index contributed by atoms with van der Waals surface area (Å²) in [7, 11) is -3.88. The van der Waals surface area contributed by atoms with Crippen LogP contribution in [0, 0.1) is 11.8 Å². The molecule has 34 heavy (non-hydrogen) atoms. The number of sulfonamides is 1. The van der Waals surface area contributed by atoms with E-state index in [1.807, 2.05) is 24.3 Å². The van der Waals surface area contributed by atoms with Crippen LogP contribution in [0.4, 0.5) is 5.69 Å². The Morgan fingerprint density at radius 2 is 1.65 bits per heavy atom. The first-order valence-corrected chi connectivity index (χ1v) is 11.7. The largest absolute Gasteiger partial charge is 0.477 e. The normalized spacial score (nSPS) is 11.2. The standard InChI is InChI=1S/C26H17N3O4S/c30-26(31)24-14-10-17(16-27-24)9-11-18-5-1-3-7-22(18)29-34(32,33)19-12-13-21-20-6-2-4-8-23(20)28-25(21)15-19/h1-8,10,12-16,28-29H,(H,30,31). The highest BCUT2D eigenvalue weighted by molar-refractivity contribution is 7.92. The number of aromatic carboxylic acids is 1. The number of nitrogens with one attached hydrogen (secondary N) is 2. The molecule has 0 amide bonds. The summed E-state index contributed by atoms with van der Waals surface area (Å²) in [5.41, 5.74) is 2.90. The first kappa shape index (κ1) is 21.2. The summed E-state index contributed by atoms with van der Waals surface area (Å²) in [4.78, 5) is 18.2. The molecule has 0 radical (unpaired) electrons. The molecule has 0 unspecified atom stereocenters. The molecule has 3 aromatic carbocycles. The molecule has 0 saturated heterocycles. The molecule has 2 aromatic heterocycles. The summed E-state index contributed by atoms with van der Waals surface area (Å²) >= 11 is 0. The van der Waals surface area contributed by atoms with E-state index in [4.69, 9.17) is 5.11 Å². The molecule has 0 saturated carbocycles. The van der Waals surface area contributed by atoms with Gasteiger partial charge in [-0.1, -0.05) is 48.2 Å². The monoisotopic (exact) mass is 467 g/mol. The number of pyridine rings is 1. The maximum absolute atomic E-state index is 13.1. The number of rotatable bonds is 4. The molecule has 7 nitrogen and oxygen atoms in total. The van der Waals surface area contributed by atoms with Gasteiger partial charge in [-0.2, -0.15) is 0 Å². The van der Waals surface area contributed by atoms with E-state index >= 15 is 0 Å². The van der Waals surface area contributed by atoms with E-state index in [0.717, 1.165) is 21.8 Å². The number of carboxylic acid groups (broad SMARTS) is 1. The minimum Gasteiger partial charge on any atom is -0.477 e. The minimum absolute atomic E-state index is 0.0781. The Balaban J connectivity index is 1.45. The van der Waals surface area contributed by atoms with Gasteiger partial charge in [-0.3, -0.25) is 4.72 Å². The summed E-state index contributed by atoms with van der Waals surface area (Å²) in [5.74, 6) is 4.70. The number of fused-ring (bicyclic) bond motifs is 3. The molecular weight excluding hydrogens is 450 g/mol. The van der Waals surface area contributed by atoms with Crippen molar-refractivity contribution in [3.05, 3.63) is 102 Å². The van der Waals surface area contributed by atoms with Gasteiger partial charge in [0.05, 0.1) is 10.6 Å². The molecule has 0 aliphatic rings. The molecule has 0 atom stereocenters. The number of aromatic amines is 1. The van der Waals surface area contributed by atoms with Gasteiger partial charge in [-0.25, -0.2) is 18.2 Å². The lowest BCUT2D eigenvalue weighted by Crippen LogP contribution is -2.13. The van der Waals surface area contributed by atoms with E-state index in [1.165, 1.54) is 12.3 Å². The van der Waals surface area contributed by atoms with E-state index in [0.29, 0.717) is 16.8 Å². The molecule has 3 N–H and O–H groups in total. The van der Waals surface area contributed by atoms with Gasteiger partial charge in [0.2, 0.25) is 0 Å². The number of para-hydroxylation sites is 2. The first-order chi connectivity index (χ1) is 16.4. The van der Waals surface area contributed by atoms with Crippen molar-refractivity contribution in [3.8, 4) is 11.8 Å². The fourth-order valence-corrected chi connectivity index (χ4v) is 4.73. The van der Waals surface area contributed by atoms with Gasteiger partial charge < -0.3 is 10.1 Å². The van der Waals surface area contributed by atoms with E-state index in [-0.39, 0.29) is 10.6 Å². The fourth-order valence-electron chi connectivity index (χ4n) is 3.62. The van der Waals surface area contributed by atoms with Crippen molar-refractivity contribution in [1.82, 2.24) is 9.97 Å². The molecular formula is C26H17N3O4S. The number of benzene rings is 3. The molecule has 166 valence electrons. The lowest BCUT2D eigenvalue weighted by atomic mass is 10.1. The van der Waals surface area contributed by atoms with E-state index < -0.39 is 16.0 Å². The van der Waals surface area contributed by atoms with Crippen LogP contribution in [0.3, 0.4) is 0 Å². The van der Waals surface area contributed by atoms with Crippen molar-refractivity contribution < 1.29 is 18.3 Å². The second-order valence-electron chi connectivity index (χ2n) is 7.52. The highest BCUT2D eigenvalue weighted by atomic mass is 32.2. The van der Waals surface area contributed by atoms with Crippen LogP contribution in [-0.4, -0.2) is 29.5 Å². The first-order valence-electron chi connectivity index (χ1n) is 10.2. The number of carbonyl (C=O) groups is 1. The highest BCUT2D eigenvalue weighted by Gasteiger charge is 2.17. The Kier molecular flexibility index (Phi) is 5.24. The van der Waals surface area contributed by atoms with Gasteiger partial charge in [0, 0.05) is 39.1 Å². The molecule has 0 aliphatic carbocycles. The molecule has 5 aromatic rings. The third-order valence-electron chi connectivity index (χ3n) is 5.28. The van der Waals surface area contributed by atoms with E-state index in [2.05, 4.69) is 26.5 Å². The Bertz CT molecular complexity index is 1730. The van der Waals surface area contributed by atoms with Crippen LogP contribution in [-0.2, 0) is 10.0 Å². The van der Waals surface area contributed by atoms with Gasteiger partial charge in [0.15, 0.2) is 0 Å².